The van der Waals surface area contributed by atoms with Crippen LogP contribution in [0.15, 0.2) is 29.2 Å². The number of carbonyl (C=O) groups excluding carboxylic acids is 1. The Balaban J connectivity index is 2.84. The van der Waals surface area contributed by atoms with Crippen LogP contribution >= 0.6 is 0 Å². The van der Waals surface area contributed by atoms with Gasteiger partial charge in [-0.05, 0) is 38.1 Å². The zero-order valence-corrected chi connectivity index (χ0v) is 12.8. The number of carboxylic acid groups (broad SMARTS) is 1. The second-order valence-electron chi connectivity index (χ2n) is 5.22. The molecule has 0 heterocycles. The van der Waals surface area contributed by atoms with Crippen molar-refractivity contribution in [2.24, 2.45) is 5.41 Å². The number of hydrogen-bond donors (Lipinski definition) is 3. The summed E-state index contributed by atoms with van der Waals surface area (Å²) >= 11 is 0. The van der Waals surface area contributed by atoms with Crippen molar-refractivity contribution in [3.05, 3.63) is 24.3 Å². The van der Waals surface area contributed by atoms with E-state index in [1.165, 1.54) is 45.0 Å². The summed E-state index contributed by atoms with van der Waals surface area (Å²) in [6.45, 7) is 3.98. The molecule has 7 nitrogen and oxygen atoms in total. The van der Waals surface area contributed by atoms with Gasteiger partial charge in [-0.15, -0.1) is 0 Å². The number of hydrogen-bond acceptors (Lipinski definition) is 4. The molecule has 21 heavy (non-hydrogen) atoms. The Morgan fingerprint density at radius 2 is 1.71 bits per heavy atom. The van der Waals surface area contributed by atoms with Gasteiger partial charge in [0, 0.05) is 19.2 Å². The lowest BCUT2D eigenvalue weighted by Crippen LogP contribution is -2.38. The molecule has 0 aliphatic carbocycles. The van der Waals surface area contributed by atoms with E-state index in [0.29, 0.717) is 5.69 Å². The van der Waals surface area contributed by atoms with Crippen LogP contribution in [0.25, 0.3) is 0 Å². The van der Waals surface area contributed by atoms with E-state index >= 15 is 0 Å². The Bertz CT molecular complexity index is 635. The van der Waals surface area contributed by atoms with E-state index in [1.807, 2.05) is 0 Å². The Labute approximate surface area is 123 Å². The average Bonchev–Trinajstić information content (AvgIpc) is 2.36. The Morgan fingerprint density at radius 1 is 1.19 bits per heavy atom. The summed E-state index contributed by atoms with van der Waals surface area (Å²) in [6.07, 6.45) is 0. The molecule has 1 rings (SSSR count). The van der Waals surface area contributed by atoms with Crippen LogP contribution in [0.2, 0.25) is 0 Å². The van der Waals surface area contributed by atoms with Crippen LogP contribution in [0.4, 0.5) is 5.69 Å². The van der Waals surface area contributed by atoms with E-state index in [9.17, 15) is 18.0 Å². The molecule has 0 aliphatic rings. The minimum Gasteiger partial charge on any atom is -0.481 e. The number of rotatable bonds is 6. The van der Waals surface area contributed by atoms with Crippen molar-refractivity contribution >= 4 is 27.6 Å². The van der Waals surface area contributed by atoms with Gasteiger partial charge in [0.15, 0.2) is 0 Å². The highest BCUT2D eigenvalue weighted by Gasteiger charge is 2.29. The molecule has 0 unspecified atom stereocenters. The monoisotopic (exact) mass is 314 g/mol. The molecule has 0 saturated carbocycles. The molecule has 0 bridgehead atoms. The van der Waals surface area contributed by atoms with Crippen LogP contribution in [0.1, 0.15) is 20.8 Å². The molecule has 0 aromatic heterocycles. The quantitative estimate of drug-likeness (QED) is 0.726. The fourth-order valence-corrected chi connectivity index (χ4v) is 2.57. The maximum atomic E-state index is 12.0. The second kappa shape index (κ2) is 6.23. The number of nitrogens with one attached hydrogen (secondary N) is 2. The average molecular weight is 314 g/mol. The molecule has 0 aliphatic heterocycles. The highest BCUT2D eigenvalue weighted by atomic mass is 32.2. The molecule has 1 amide bonds. The van der Waals surface area contributed by atoms with Gasteiger partial charge in [0.05, 0.1) is 10.3 Å². The first kappa shape index (κ1) is 17.1. The first-order valence-electron chi connectivity index (χ1n) is 6.15. The molecule has 0 atom stereocenters. The normalized spacial score (nSPS) is 12.0. The Morgan fingerprint density at radius 3 is 2.14 bits per heavy atom. The standard InChI is InChI=1S/C13H18N2O5S/c1-9(16)15-10-4-6-11(7-5-10)21(19,20)14-8-13(2,3)12(17)18/h4-7,14H,8H2,1-3H3,(H,15,16)(H,17,18). The van der Waals surface area contributed by atoms with Crippen LogP contribution < -0.4 is 10.0 Å². The van der Waals surface area contributed by atoms with Crippen LogP contribution in [0, 0.1) is 5.41 Å². The minimum atomic E-state index is -3.80. The molecule has 1 aromatic rings. The van der Waals surface area contributed by atoms with Crippen LogP contribution in [-0.4, -0.2) is 31.9 Å². The van der Waals surface area contributed by atoms with Gasteiger partial charge < -0.3 is 10.4 Å². The van der Waals surface area contributed by atoms with Gasteiger partial charge in [0.1, 0.15) is 0 Å². The predicted molar refractivity (Wildman–Crippen MR) is 77.4 cm³/mol. The zero-order valence-electron chi connectivity index (χ0n) is 12.0. The van der Waals surface area contributed by atoms with Crippen molar-refractivity contribution in [2.45, 2.75) is 25.7 Å². The van der Waals surface area contributed by atoms with Crippen molar-refractivity contribution < 1.29 is 23.1 Å². The van der Waals surface area contributed by atoms with E-state index < -0.39 is 21.4 Å². The molecular weight excluding hydrogens is 296 g/mol. The first-order chi connectivity index (χ1) is 9.54. The maximum Gasteiger partial charge on any atom is 0.310 e. The molecule has 8 heteroatoms. The lowest BCUT2D eigenvalue weighted by atomic mass is 9.95. The third kappa shape index (κ3) is 4.83. The van der Waals surface area contributed by atoms with Crippen LogP contribution in [0.5, 0.6) is 0 Å². The summed E-state index contributed by atoms with van der Waals surface area (Å²) in [5, 5.41) is 11.5. The van der Waals surface area contributed by atoms with E-state index in [0.717, 1.165) is 0 Å². The van der Waals surface area contributed by atoms with Gasteiger partial charge >= 0.3 is 5.97 Å². The summed E-state index contributed by atoms with van der Waals surface area (Å²) < 4.78 is 26.3. The first-order valence-corrected chi connectivity index (χ1v) is 7.64. The smallest absolute Gasteiger partial charge is 0.310 e. The van der Waals surface area contributed by atoms with Crippen molar-refractivity contribution in [3.8, 4) is 0 Å². The number of anilines is 1. The highest BCUT2D eigenvalue weighted by molar-refractivity contribution is 7.89. The Kier molecular flexibility index (Phi) is 5.08. The van der Waals surface area contributed by atoms with E-state index in [1.54, 1.807) is 0 Å². The molecule has 3 N–H and O–H groups in total. The minimum absolute atomic E-state index is 0.00205. The zero-order chi connectivity index (χ0) is 16.3. The van der Waals surface area contributed by atoms with Crippen molar-refractivity contribution in [1.82, 2.24) is 4.72 Å². The molecule has 1 aromatic carbocycles. The van der Waals surface area contributed by atoms with Gasteiger partial charge in [0.25, 0.3) is 0 Å². The maximum absolute atomic E-state index is 12.0. The van der Waals surface area contributed by atoms with Crippen LogP contribution in [-0.2, 0) is 19.6 Å². The third-order valence-corrected chi connectivity index (χ3v) is 4.19. The summed E-state index contributed by atoms with van der Waals surface area (Å²) in [7, 11) is -3.80. The second-order valence-corrected chi connectivity index (χ2v) is 6.99. The van der Waals surface area contributed by atoms with E-state index in [-0.39, 0.29) is 17.3 Å². The van der Waals surface area contributed by atoms with Gasteiger partial charge in [-0.2, -0.15) is 0 Å². The van der Waals surface area contributed by atoms with Crippen molar-refractivity contribution in [2.75, 3.05) is 11.9 Å². The van der Waals surface area contributed by atoms with Gasteiger partial charge in [-0.1, -0.05) is 0 Å². The lowest BCUT2D eigenvalue weighted by molar-refractivity contribution is -0.146. The third-order valence-electron chi connectivity index (χ3n) is 2.77. The Hall–Kier alpha value is -1.93. The number of carboxylic acids is 1. The number of carbonyl (C=O) groups is 2. The number of benzene rings is 1. The SMILES string of the molecule is CC(=O)Nc1ccc(S(=O)(=O)NCC(C)(C)C(=O)O)cc1. The molecule has 116 valence electrons. The molecule has 0 spiro atoms. The lowest BCUT2D eigenvalue weighted by Gasteiger charge is -2.19. The topological polar surface area (TPSA) is 113 Å². The number of amides is 1. The number of aliphatic carboxylic acids is 1. The van der Waals surface area contributed by atoms with Crippen molar-refractivity contribution in [1.29, 1.82) is 0 Å². The summed E-state index contributed by atoms with van der Waals surface area (Å²) in [5.74, 6) is -1.35. The van der Waals surface area contributed by atoms with Gasteiger partial charge in [-0.3, -0.25) is 9.59 Å². The highest BCUT2D eigenvalue weighted by Crippen LogP contribution is 2.17. The van der Waals surface area contributed by atoms with E-state index in [4.69, 9.17) is 5.11 Å². The summed E-state index contributed by atoms with van der Waals surface area (Å²) in [5.41, 5.74) is -0.726. The van der Waals surface area contributed by atoms with Crippen LogP contribution in [0.3, 0.4) is 0 Å². The summed E-state index contributed by atoms with van der Waals surface area (Å²) in [6, 6.07) is 5.58. The number of sulfonamides is 1. The summed E-state index contributed by atoms with van der Waals surface area (Å²) in [4.78, 5) is 21.8. The molecule has 0 fully saturated rings. The fraction of sp³-hybridized carbons (Fsp3) is 0.385. The molecular formula is C13H18N2O5S. The van der Waals surface area contributed by atoms with Crippen molar-refractivity contribution in [3.63, 3.8) is 0 Å². The largest absolute Gasteiger partial charge is 0.481 e. The van der Waals surface area contributed by atoms with E-state index in [2.05, 4.69) is 10.0 Å². The fourth-order valence-electron chi connectivity index (χ4n) is 1.36. The molecule has 0 radical (unpaired) electrons. The van der Waals surface area contributed by atoms with Gasteiger partial charge in [-0.25, -0.2) is 13.1 Å². The predicted octanol–water partition coefficient (Wildman–Crippen LogP) is 1.03. The van der Waals surface area contributed by atoms with Gasteiger partial charge in [0.2, 0.25) is 15.9 Å². The molecule has 0 saturated heterocycles.